The van der Waals surface area contributed by atoms with E-state index >= 15 is 0 Å². The molecule has 20 heavy (non-hydrogen) atoms. The zero-order valence-electron chi connectivity index (χ0n) is 13.0. The van der Waals surface area contributed by atoms with Crippen LogP contribution in [0.1, 0.15) is 32.1 Å². The number of hydrogen-bond donors (Lipinski definition) is 0. The monoisotopic (exact) mass is 316 g/mol. The van der Waals surface area contributed by atoms with E-state index < -0.39 is 0 Å². The Kier molecular flexibility index (Phi) is 7.01. The van der Waals surface area contributed by atoms with Crippen LogP contribution in [0, 0.1) is 0 Å². The van der Waals surface area contributed by atoms with Crippen LogP contribution in [-0.4, -0.2) is 72.7 Å². The highest BCUT2D eigenvalue weighted by Gasteiger charge is 2.23. The lowest BCUT2D eigenvalue weighted by molar-refractivity contribution is 0.325. The number of aliphatic imine (C=N–C) groups is 1. The standard InChI is InChI=1S/C14H28N4S2/c1-16(2)13-15-14(20-19-13)17(3)9-5-4-6-10-18-11-7-8-12-18/h13H,4-12H2,1-3H3. The minimum absolute atomic E-state index is 0.285. The first kappa shape index (κ1) is 16.5. The fraction of sp³-hybridized carbons (Fsp3) is 0.929. The lowest BCUT2D eigenvalue weighted by Crippen LogP contribution is -2.26. The quantitative estimate of drug-likeness (QED) is 0.530. The van der Waals surface area contributed by atoms with Crippen molar-refractivity contribution in [1.29, 1.82) is 0 Å². The molecule has 1 unspecified atom stereocenters. The molecule has 0 radical (unpaired) electrons. The highest BCUT2D eigenvalue weighted by Crippen LogP contribution is 2.37. The maximum Gasteiger partial charge on any atom is 0.172 e. The SMILES string of the molecule is CN(CCCCCN1CCCC1)C1=NC(N(C)C)SS1. The van der Waals surface area contributed by atoms with Gasteiger partial charge in [0.1, 0.15) is 0 Å². The van der Waals surface area contributed by atoms with Crippen LogP contribution in [0.15, 0.2) is 4.99 Å². The predicted octanol–water partition coefficient (Wildman–Crippen LogP) is 2.78. The summed E-state index contributed by atoms with van der Waals surface area (Å²) in [6.07, 6.45) is 6.78. The molecule has 1 saturated heterocycles. The smallest absolute Gasteiger partial charge is 0.172 e. The molecule has 2 aliphatic rings. The van der Waals surface area contributed by atoms with E-state index in [0.29, 0.717) is 0 Å². The van der Waals surface area contributed by atoms with Gasteiger partial charge in [-0.1, -0.05) is 6.42 Å². The van der Waals surface area contributed by atoms with Gasteiger partial charge in [-0.3, -0.25) is 4.90 Å². The minimum atomic E-state index is 0.285. The molecule has 2 heterocycles. The zero-order valence-corrected chi connectivity index (χ0v) is 14.7. The fourth-order valence-electron chi connectivity index (χ4n) is 2.55. The number of rotatable bonds is 7. The van der Waals surface area contributed by atoms with Crippen molar-refractivity contribution in [2.75, 3.05) is 47.3 Å². The number of likely N-dealkylation sites (tertiary alicyclic amines) is 1. The largest absolute Gasteiger partial charge is 0.354 e. The lowest BCUT2D eigenvalue weighted by Gasteiger charge is -2.18. The molecule has 0 aliphatic carbocycles. The van der Waals surface area contributed by atoms with Crippen molar-refractivity contribution in [3.05, 3.63) is 0 Å². The second kappa shape index (κ2) is 8.51. The molecule has 0 spiro atoms. The first-order valence-electron chi connectivity index (χ1n) is 7.68. The van der Waals surface area contributed by atoms with E-state index in [1.165, 1.54) is 56.9 Å². The van der Waals surface area contributed by atoms with Crippen LogP contribution in [0.3, 0.4) is 0 Å². The van der Waals surface area contributed by atoms with Crippen LogP contribution >= 0.6 is 21.6 Å². The molecule has 0 aromatic rings. The molecule has 2 rings (SSSR count). The van der Waals surface area contributed by atoms with E-state index in [1.54, 1.807) is 0 Å². The molecule has 0 N–H and O–H groups in total. The summed E-state index contributed by atoms with van der Waals surface area (Å²) in [7, 11) is 10.00. The Balaban J connectivity index is 1.56. The Labute approximate surface area is 131 Å². The third-order valence-electron chi connectivity index (χ3n) is 3.86. The molecule has 0 amide bonds. The van der Waals surface area contributed by atoms with Gasteiger partial charge in [-0.25, -0.2) is 4.99 Å². The number of hydrogen-bond acceptors (Lipinski definition) is 6. The van der Waals surface area contributed by atoms with Gasteiger partial charge in [-0.2, -0.15) is 0 Å². The van der Waals surface area contributed by atoms with Crippen LogP contribution < -0.4 is 0 Å². The first-order chi connectivity index (χ1) is 9.66. The second-order valence-electron chi connectivity index (χ2n) is 5.91. The van der Waals surface area contributed by atoms with Crippen LogP contribution in [-0.2, 0) is 0 Å². The van der Waals surface area contributed by atoms with Gasteiger partial charge >= 0.3 is 0 Å². The van der Waals surface area contributed by atoms with Gasteiger partial charge in [0.2, 0.25) is 0 Å². The Morgan fingerprint density at radius 2 is 1.90 bits per heavy atom. The van der Waals surface area contributed by atoms with Crippen molar-refractivity contribution < 1.29 is 0 Å². The maximum atomic E-state index is 4.74. The van der Waals surface area contributed by atoms with Crippen LogP contribution in [0.25, 0.3) is 0 Å². The Morgan fingerprint density at radius 3 is 2.55 bits per heavy atom. The third kappa shape index (κ3) is 5.13. The van der Waals surface area contributed by atoms with Crippen molar-refractivity contribution >= 4 is 26.8 Å². The van der Waals surface area contributed by atoms with Crippen molar-refractivity contribution in [1.82, 2.24) is 14.7 Å². The molecule has 0 bridgehead atoms. The fourth-order valence-corrected chi connectivity index (χ4v) is 5.14. The van der Waals surface area contributed by atoms with Crippen LogP contribution in [0.4, 0.5) is 0 Å². The van der Waals surface area contributed by atoms with Crippen molar-refractivity contribution in [2.24, 2.45) is 4.99 Å². The van der Waals surface area contributed by atoms with Crippen molar-refractivity contribution in [3.8, 4) is 0 Å². The summed E-state index contributed by atoms with van der Waals surface area (Å²) in [5.74, 6) is 0. The molecule has 1 fully saturated rings. The number of amidine groups is 1. The van der Waals surface area contributed by atoms with E-state index in [1.807, 2.05) is 21.6 Å². The van der Waals surface area contributed by atoms with Crippen molar-refractivity contribution in [3.63, 3.8) is 0 Å². The highest BCUT2D eigenvalue weighted by atomic mass is 33.1. The van der Waals surface area contributed by atoms with E-state index in [2.05, 4.69) is 35.8 Å². The van der Waals surface area contributed by atoms with Gasteiger partial charge in [0.15, 0.2) is 10.7 Å². The topological polar surface area (TPSA) is 22.1 Å². The third-order valence-corrected chi connectivity index (χ3v) is 6.48. The molecule has 0 aromatic carbocycles. The van der Waals surface area contributed by atoms with Crippen molar-refractivity contribution in [2.45, 2.75) is 37.6 Å². The molecule has 4 nitrogen and oxygen atoms in total. The first-order valence-corrected chi connectivity index (χ1v) is 9.89. The van der Waals surface area contributed by atoms with Crippen LogP contribution in [0.2, 0.25) is 0 Å². The summed E-state index contributed by atoms with van der Waals surface area (Å²) in [5, 5.41) is 1.19. The van der Waals surface area contributed by atoms with E-state index in [9.17, 15) is 0 Å². The molecular weight excluding hydrogens is 288 g/mol. The summed E-state index contributed by atoms with van der Waals surface area (Å²) in [5.41, 5.74) is 0.285. The lowest BCUT2D eigenvalue weighted by atomic mass is 10.2. The molecule has 1 atom stereocenters. The molecule has 2 aliphatic heterocycles. The minimum Gasteiger partial charge on any atom is -0.354 e. The Morgan fingerprint density at radius 1 is 1.15 bits per heavy atom. The Bertz CT molecular complexity index is 316. The average Bonchev–Trinajstić information content (AvgIpc) is 3.09. The van der Waals surface area contributed by atoms with Gasteiger partial charge < -0.3 is 9.80 Å². The molecular formula is C14H28N4S2. The summed E-state index contributed by atoms with van der Waals surface area (Å²) in [6.45, 7) is 5.09. The van der Waals surface area contributed by atoms with E-state index in [-0.39, 0.29) is 5.50 Å². The van der Waals surface area contributed by atoms with Gasteiger partial charge in [-0.15, -0.1) is 0 Å². The average molecular weight is 317 g/mol. The predicted molar refractivity (Wildman–Crippen MR) is 92.2 cm³/mol. The van der Waals surface area contributed by atoms with Gasteiger partial charge in [0, 0.05) is 13.6 Å². The second-order valence-corrected chi connectivity index (χ2v) is 8.14. The molecule has 116 valence electrons. The maximum absolute atomic E-state index is 4.74. The van der Waals surface area contributed by atoms with Gasteiger partial charge in [0.05, 0.1) is 0 Å². The zero-order chi connectivity index (χ0) is 14.4. The molecule has 6 heteroatoms. The van der Waals surface area contributed by atoms with E-state index in [4.69, 9.17) is 4.99 Å². The molecule has 0 aromatic heterocycles. The summed E-state index contributed by atoms with van der Waals surface area (Å²) < 4.78 is 0. The number of nitrogens with zero attached hydrogens (tertiary/aromatic N) is 4. The van der Waals surface area contributed by atoms with E-state index in [0.717, 1.165) is 6.54 Å². The highest BCUT2D eigenvalue weighted by molar-refractivity contribution is 8.82. The summed E-state index contributed by atoms with van der Waals surface area (Å²) in [4.78, 5) is 11.8. The summed E-state index contributed by atoms with van der Waals surface area (Å²) in [6, 6.07) is 0. The van der Waals surface area contributed by atoms with Gasteiger partial charge in [0.25, 0.3) is 0 Å². The van der Waals surface area contributed by atoms with Crippen LogP contribution in [0.5, 0.6) is 0 Å². The Hall–Kier alpha value is 0.0900. The number of unbranched alkanes of at least 4 members (excludes halogenated alkanes) is 2. The molecule has 0 saturated carbocycles. The summed E-state index contributed by atoms with van der Waals surface area (Å²) >= 11 is 0. The van der Waals surface area contributed by atoms with Gasteiger partial charge in [-0.05, 0) is 81.0 Å². The normalized spacial score (nSPS) is 23.6.